The monoisotopic (exact) mass is 385 g/mol. The number of ether oxygens (including phenoxy) is 3. The molecule has 1 N–H and O–H groups in total. The quantitative estimate of drug-likeness (QED) is 0.656. The highest BCUT2D eigenvalue weighted by atomic mass is 32.2. The molecule has 0 saturated carbocycles. The summed E-state index contributed by atoms with van der Waals surface area (Å²) >= 11 is 0. The van der Waals surface area contributed by atoms with Gasteiger partial charge in [-0.05, 0) is 48.5 Å². The SMILES string of the molecule is COc1ccc(S(=O)(=O)Nc2ccc(Oc3ccccc3)cc2)c(OC)c1. The third kappa shape index (κ3) is 4.51. The molecule has 0 radical (unpaired) electrons. The molecule has 0 heterocycles. The van der Waals surface area contributed by atoms with Gasteiger partial charge in [0.05, 0.1) is 14.2 Å². The molecule has 3 aromatic rings. The molecule has 0 amide bonds. The molecule has 0 saturated heterocycles. The summed E-state index contributed by atoms with van der Waals surface area (Å²) < 4.78 is 43.9. The molecule has 3 aromatic carbocycles. The maximum atomic E-state index is 12.7. The zero-order chi connectivity index (χ0) is 19.3. The highest BCUT2D eigenvalue weighted by Crippen LogP contribution is 2.30. The second kappa shape index (κ2) is 8.01. The van der Waals surface area contributed by atoms with E-state index in [2.05, 4.69) is 4.72 Å². The lowest BCUT2D eigenvalue weighted by atomic mass is 10.3. The Morgan fingerprint density at radius 3 is 2.00 bits per heavy atom. The van der Waals surface area contributed by atoms with Crippen LogP contribution in [0.15, 0.2) is 77.7 Å². The second-order valence-corrected chi connectivity index (χ2v) is 7.21. The third-order valence-corrected chi connectivity index (χ3v) is 5.17. The van der Waals surface area contributed by atoms with E-state index in [4.69, 9.17) is 14.2 Å². The normalized spacial score (nSPS) is 10.9. The standard InChI is InChI=1S/C20H19NO5S/c1-24-18-12-13-20(19(14-18)25-2)27(22,23)21-15-8-10-17(11-9-15)26-16-6-4-3-5-7-16/h3-14,21H,1-2H3. The summed E-state index contributed by atoms with van der Waals surface area (Å²) in [6.45, 7) is 0. The van der Waals surface area contributed by atoms with Crippen molar-refractivity contribution >= 4 is 15.7 Å². The molecule has 3 rings (SSSR count). The summed E-state index contributed by atoms with van der Waals surface area (Å²) in [7, 11) is -0.918. The Balaban J connectivity index is 1.78. The molecule has 0 aliphatic heterocycles. The van der Waals surface area contributed by atoms with Crippen LogP contribution in [0.3, 0.4) is 0 Å². The Labute approximate surface area is 158 Å². The van der Waals surface area contributed by atoms with Crippen LogP contribution in [-0.2, 0) is 10.0 Å². The van der Waals surface area contributed by atoms with E-state index in [1.165, 1.54) is 26.4 Å². The average Bonchev–Trinajstić information content (AvgIpc) is 2.69. The van der Waals surface area contributed by atoms with Crippen LogP contribution in [0.5, 0.6) is 23.0 Å². The van der Waals surface area contributed by atoms with Crippen LogP contribution in [0.4, 0.5) is 5.69 Å². The largest absolute Gasteiger partial charge is 0.497 e. The van der Waals surface area contributed by atoms with E-state index in [0.717, 1.165) is 0 Å². The van der Waals surface area contributed by atoms with Gasteiger partial charge in [0.25, 0.3) is 10.0 Å². The van der Waals surface area contributed by atoms with Gasteiger partial charge < -0.3 is 14.2 Å². The molecule has 27 heavy (non-hydrogen) atoms. The van der Waals surface area contributed by atoms with E-state index < -0.39 is 10.0 Å². The van der Waals surface area contributed by atoms with E-state index in [1.54, 1.807) is 30.3 Å². The molecule has 0 fully saturated rings. The molecular formula is C20H19NO5S. The molecule has 0 atom stereocenters. The first-order valence-corrected chi connectivity index (χ1v) is 9.58. The topological polar surface area (TPSA) is 73.9 Å². The van der Waals surface area contributed by atoms with E-state index in [1.807, 2.05) is 30.3 Å². The van der Waals surface area contributed by atoms with Gasteiger partial charge in [-0.15, -0.1) is 0 Å². The summed E-state index contributed by atoms with van der Waals surface area (Å²) in [5.41, 5.74) is 0.410. The van der Waals surface area contributed by atoms with Gasteiger partial charge in [-0.3, -0.25) is 4.72 Å². The highest BCUT2D eigenvalue weighted by Gasteiger charge is 2.20. The summed E-state index contributed by atoms with van der Waals surface area (Å²) in [5, 5.41) is 0. The zero-order valence-electron chi connectivity index (χ0n) is 14.9. The van der Waals surface area contributed by atoms with Gasteiger partial charge in [-0.1, -0.05) is 18.2 Å². The van der Waals surface area contributed by atoms with Crippen molar-refractivity contribution in [2.45, 2.75) is 4.90 Å². The molecule has 6 nitrogen and oxygen atoms in total. The minimum absolute atomic E-state index is 0.0235. The van der Waals surface area contributed by atoms with Gasteiger partial charge in [-0.25, -0.2) is 8.42 Å². The van der Waals surface area contributed by atoms with Gasteiger partial charge in [0, 0.05) is 11.8 Å². The van der Waals surface area contributed by atoms with E-state index in [-0.39, 0.29) is 10.6 Å². The van der Waals surface area contributed by atoms with Gasteiger partial charge in [0.2, 0.25) is 0 Å². The van der Waals surface area contributed by atoms with Crippen molar-refractivity contribution in [2.24, 2.45) is 0 Å². The smallest absolute Gasteiger partial charge is 0.265 e. The van der Waals surface area contributed by atoms with E-state index in [0.29, 0.717) is 22.9 Å². The second-order valence-electron chi connectivity index (χ2n) is 5.56. The zero-order valence-corrected chi connectivity index (χ0v) is 15.7. The molecule has 0 aliphatic rings. The van der Waals surface area contributed by atoms with Gasteiger partial charge in [-0.2, -0.15) is 0 Å². The third-order valence-electron chi connectivity index (χ3n) is 3.75. The van der Waals surface area contributed by atoms with Crippen molar-refractivity contribution in [1.29, 1.82) is 0 Å². The molecule has 0 bridgehead atoms. The maximum Gasteiger partial charge on any atom is 0.265 e. The Hall–Kier alpha value is -3.19. The number of hydrogen-bond donors (Lipinski definition) is 1. The molecule has 140 valence electrons. The number of anilines is 1. The van der Waals surface area contributed by atoms with Crippen LogP contribution >= 0.6 is 0 Å². The van der Waals surface area contributed by atoms with Crippen molar-refractivity contribution in [2.75, 3.05) is 18.9 Å². The van der Waals surface area contributed by atoms with Gasteiger partial charge in [0.1, 0.15) is 27.9 Å². The Kier molecular flexibility index (Phi) is 5.52. The van der Waals surface area contributed by atoms with Crippen molar-refractivity contribution in [3.05, 3.63) is 72.8 Å². The summed E-state index contributed by atoms with van der Waals surface area (Å²) in [6.07, 6.45) is 0. The van der Waals surface area contributed by atoms with Crippen molar-refractivity contribution < 1.29 is 22.6 Å². The molecule has 0 aromatic heterocycles. The fourth-order valence-corrected chi connectivity index (χ4v) is 3.63. The van der Waals surface area contributed by atoms with E-state index >= 15 is 0 Å². The summed E-state index contributed by atoms with van der Waals surface area (Å²) in [5.74, 6) is 2.01. The Morgan fingerprint density at radius 2 is 1.37 bits per heavy atom. The van der Waals surface area contributed by atoms with Gasteiger partial charge >= 0.3 is 0 Å². The minimum atomic E-state index is -3.82. The van der Waals surface area contributed by atoms with Crippen LogP contribution in [0, 0.1) is 0 Å². The number of hydrogen-bond acceptors (Lipinski definition) is 5. The molecular weight excluding hydrogens is 366 g/mol. The minimum Gasteiger partial charge on any atom is -0.497 e. The first-order chi connectivity index (χ1) is 13.0. The number of rotatable bonds is 7. The fourth-order valence-electron chi connectivity index (χ4n) is 2.42. The summed E-state index contributed by atoms with van der Waals surface area (Å²) in [4.78, 5) is 0.0235. The summed E-state index contributed by atoms with van der Waals surface area (Å²) in [6, 6.07) is 20.5. The van der Waals surface area contributed by atoms with Crippen LogP contribution in [0.1, 0.15) is 0 Å². The maximum absolute atomic E-state index is 12.7. The van der Waals surface area contributed by atoms with Gasteiger partial charge in [0.15, 0.2) is 0 Å². The number of sulfonamides is 1. The number of para-hydroxylation sites is 1. The lowest BCUT2D eigenvalue weighted by Gasteiger charge is -2.13. The lowest BCUT2D eigenvalue weighted by Crippen LogP contribution is -2.14. The molecule has 0 spiro atoms. The highest BCUT2D eigenvalue weighted by molar-refractivity contribution is 7.92. The van der Waals surface area contributed by atoms with Crippen LogP contribution in [0.2, 0.25) is 0 Å². The van der Waals surface area contributed by atoms with Crippen LogP contribution in [-0.4, -0.2) is 22.6 Å². The van der Waals surface area contributed by atoms with Crippen molar-refractivity contribution in [3.63, 3.8) is 0 Å². The van der Waals surface area contributed by atoms with Crippen molar-refractivity contribution in [1.82, 2.24) is 0 Å². The van der Waals surface area contributed by atoms with Crippen LogP contribution < -0.4 is 18.9 Å². The molecule has 0 aliphatic carbocycles. The number of benzene rings is 3. The van der Waals surface area contributed by atoms with Crippen LogP contribution in [0.25, 0.3) is 0 Å². The van der Waals surface area contributed by atoms with E-state index in [9.17, 15) is 8.42 Å². The first kappa shape index (κ1) is 18.6. The number of methoxy groups -OCH3 is 2. The average molecular weight is 385 g/mol. The fraction of sp³-hybridized carbons (Fsp3) is 0.100. The van der Waals surface area contributed by atoms with Crippen molar-refractivity contribution in [3.8, 4) is 23.0 Å². The predicted molar refractivity (Wildman–Crippen MR) is 103 cm³/mol. The Bertz CT molecular complexity index is 1000. The first-order valence-electron chi connectivity index (χ1n) is 8.09. The molecule has 7 heteroatoms. The number of nitrogens with one attached hydrogen (secondary N) is 1. The Morgan fingerprint density at radius 1 is 0.741 bits per heavy atom. The predicted octanol–water partition coefficient (Wildman–Crippen LogP) is 4.30. The lowest BCUT2D eigenvalue weighted by molar-refractivity contribution is 0.386. The molecule has 0 unspecified atom stereocenters.